The lowest BCUT2D eigenvalue weighted by Crippen LogP contribution is -2.41. The van der Waals surface area contributed by atoms with E-state index in [0.717, 1.165) is 22.9 Å². The van der Waals surface area contributed by atoms with E-state index in [9.17, 15) is 4.79 Å². The Bertz CT molecular complexity index is 406. The summed E-state index contributed by atoms with van der Waals surface area (Å²) in [6, 6.07) is 7.73. The molecule has 1 amide bonds. The maximum absolute atomic E-state index is 11.9. The fourth-order valence-corrected chi connectivity index (χ4v) is 2.76. The van der Waals surface area contributed by atoms with E-state index in [1.54, 1.807) is 11.8 Å². The third kappa shape index (κ3) is 3.40. The Morgan fingerprint density at radius 2 is 2.39 bits per heavy atom. The van der Waals surface area contributed by atoms with Crippen molar-refractivity contribution < 1.29 is 9.53 Å². The van der Waals surface area contributed by atoms with Crippen LogP contribution < -0.4 is 15.4 Å². The lowest BCUT2D eigenvalue weighted by molar-refractivity contribution is -0.122. The molecule has 0 aromatic heterocycles. The smallest absolute Gasteiger partial charge is 0.238 e. The molecular weight excluding hydrogens is 248 g/mol. The highest BCUT2D eigenvalue weighted by atomic mass is 32.2. The van der Waals surface area contributed by atoms with Crippen LogP contribution in [0.4, 0.5) is 0 Å². The molecule has 0 radical (unpaired) electrons. The molecule has 18 heavy (non-hydrogen) atoms. The molecule has 1 atom stereocenters. The zero-order valence-electron chi connectivity index (χ0n) is 10.4. The van der Waals surface area contributed by atoms with E-state index in [1.165, 1.54) is 0 Å². The zero-order chi connectivity index (χ0) is 12.8. The molecule has 4 nitrogen and oxygen atoms in total. The van der Waals surface area contributed by atoms with E-state index < -0.39 is 0 Å². The van der Waals surface area contributed by atoms with Crippen molar-refractivity contribution in [3.63, 3.8) is 0 Å². The van der Waals surface area contributed by atoms with Crippen LogP contribution in [0.15, 0.2) is 24.3 Å². The number of thioether (sulfide) groups is 1. The Labute approximate surface area is 111 Å². The molecular formula is C13H18N2O2S. The summed E-state index contributed by atoms with van der Waals surface area (Å²) in [6.07, 6.45) is 0. The number of para-hydroxylation sites is 1. The van der Waals surface area contributed by atoms with E-state index in [-0.39, 0.29) is 11.9 Å². The minimum atomic E-state index is -0.0609. The molecule has 1 heterocycles. The average molecular weight is 266 g/mol. The summed E-state index contributed by atoms with van der Waals surface area (Å²) in [7, 11) is 0. The summed E-state index contributed by atoms with van der Waals surface area (Å²) < 4.78 is 5.52. The van der Waals surface area contributed by atoms with E-state index >= 15 is 0 Å². The topological polar surface area (TPSA) is 50.4 Å². The molecule has 0 saturated carbocycles. The fraction of sp³-hybridized carbons (Fsp3) is 0.462. The van der Waals surface area contributed by atoms with Crippen LogP contribution in [0.2, 0.25) is 0 Å². The van der Waals surface area contributed by atoms with Crippen molar-refractivity contribution in [2.75, 3.05) is 18.2 Å². The quantitative estimate of drug-likeness (QED) is 0.845. The van der Waals surface area contributed by atoms with Gasteiger partial charge in [-0.2, -0.15) is 0 Å². The van der Waals surface area contributed by atoms with Gasteiger partial charge in [0.05, 0.1) is 12.6 Å². The number of hydrogen-bond donors (Lipinski definition) is 2. The van der Waals surface area contributed by atoms with Crippen molar-refractivity contribution in [3.8, 4) is 5.75 Å². The first kappa shape index (κ1) is 13.2. The van der Waals surface area contributed by atoms with Gasteiger partial charge >= 0.3 is 0 Å². The van der Waals surface area contributed by atoms with Crippen LogP contribution in [0.1, 0.15) is 12.5 Å². The van der Waals surface area contributed by atoms with Crippen LogP contribution in [0.25, 0.3) is 0 Å². The molecule has 0 aliphatic carbocycles. The first-order chi connectivity index (χ1) is 8.81. The first-order valence-corrected chi connectivity index (χ1v) is 7.26. The fourth-order valence-electron chi connectivity index (χ4n) is 1.82. The van der Waals surface area contributed by atoms with Crippen molar-refractivity contribution >= 4 is 17.7 Å². The summed E-state index contributed by atoms with van der Waals surface area (Å²) in [6.45, 7) is 3.10. The van der Waals surface area contributed by atoms with Gasteiger partial charge in [-0.05, 0) is 13.0 Å². The minimum Gasteiger partial charge on any atom is -0.494 e. The third-order valence-electron chi connectivity index (χ3n) is 2.76. The number of amides is 1. The molecule has 0 spiro atoms. The van der Waals surface area contributed by atoms with Crippen LogP contribution in [0.3, 0.4) is 0 Å². The largest absolute Gasteiger partial charge is 0.494 e. The molecule has 1 aliphatic heterocycles. The molecule has 1 aromatic rings. The molecule has 5 heteroatoms. The number of benzene rings is 1. The van der Waals surface area contributed by atoms with Gasteiger partial charge in [-0.3, -0.25) is 10.1 Å². The Hall–Kier alpha value is -1.20. The third-order valence-corrected chi connectivity index (χ3v) is 3.70. The molecule has 1 aliphatic rings. The van der Waals surface area contributed by atoms with Gasteiger partial charge in [0.25, 0.3) is 0 Å². The van der Waals surface area contributed by atoms with Crippen molar-refractivity contribution in [1.29, 1.82) is 0 Å². The Kier molecular flexibility index (Phi) is 4.90. The van der Waals surface area contributed by atoms with E-state index in [0.29, 0.717) is 13.2 Å². The highest BCUT2D eigenvalue weighted by Crippen LogP contribution is 2.17. The summed E-state index contributed by atoms with van der Waals surface area (Å²) in [5, 5.41) is 6.10. The number of nitrogens with one attached hydrogen (secondary N) is 2. The maximum Gasteiger partial charge on any atom is 0.238 e. The average Bonchev–Trinajstić information content (AvgIpc) is 2.92. The van der Waals surface area contributed by atoms with Crippen molar-refractivity contribution in [1.82, 2.24) is 10.6 Å². The minimum absolute atomic E-state index is 0.0609. The van der Waals surface area contributed by atoms with Crippen molar-refractivity contribution in [2.45, 2.75) is 19.5 Å². The molecule has 0 bridgehead atoms. The predicted molar refractivity (Wildman–Crippen MR) is 73.7 cm³/mol. The molecule has 1 saturated heterocycles. The van der Waals surface area contributed by atoms with E-state index in [1.807, 2.05) is 31.2 Å². The normalized spacial score (nSPS) is 18.6. The number of carbonyl (C=O) groups excluding carboxylic acids is 1. The summed E-state index contributed by atoms with van der Waals surface area (Å²) >= 11 is 1.75. The lowest BCUT2D eigenvalue weighted by atomic mass is 10.2. The van der Waals surface area contributed by atoms with Gasteiger partial charge in [0, 0.05) is 23.7 Å². The van der Waals surface area contributed by atoms with Gasteiger partial charge in [0.2, 0.25) is 5.91 Å². The number of carbonyl (C=O) groups is 1. The van der Waals surface area contributed by atoms with Crippen LogP contribution >= 0.6 is 11.8 Å². The van der Waals surface area contributed by atoms with Crippen LogP contribution in [0, 0.1) is 0 Å². The SMILES string of the molecule is CCOc1ccccc1CNC(=O)[C@@H]1CSCN1. The number of rotatable bonds is 5. The molecule has 2 rings (SSSR count). The predicted octanol–water partition coefficient (Wildman–Crippen LogP) is 1.36. The van der Waals surface area contributed by atoms with Gasteiger partial charge in [0.1, 0.15) is 5.75 Å². The van der Waals surface area contributed by atoms with Crippen molar-refractivity contribution in [3.05, 3.63) is 29.8 Å². The molecule has 1 aromatic carbocycles. The Morgan fingerprint density at radius 1 is 1.56 bits per heavy atom. The zero-order valence-corrected chi connectivity index (χ0v) is 11.3. The van der Waals surface area contributed by atoms with Crippen LogP contribution in [-0.2, 0) is 11.3 Å². The second-order valence-corrected chi connectivity index (χ2v) is 5.06. The molecule has 0 unspecified atom stereocenters. The highest BCUT2D eigenvalue weighted by molar-refractivity contribution is 7.99. The number of ether oxygens (including phenoxy) is 1. The second kappa shape index (κ2) is 6.66. The van der Waals surface area contributed by atoms with Crippen LogP contribution in [-0.4, -0.2) is 30.2 Å². The van der Waals surface area contributed by atoms with Gasteiger partial charge in [-0.1, -0.05) is 18.2 Å². The van der Waals surface area contributed by atoms with E-state index in [2.05, 4.69) is 10.6 Å². The van der Waals surface area contributed by atoms with Gasteiger partial charge in [-0.25, -0.2) is 0 Å². The number of hydrogen-bond acceptors (Lipinski definition) is 4. The lowest BCUT2D eigenvalue weighted by Gasteiger charge is -2.13. The highest BCUT2D eigenvalue weighted by Gasteiger charge is 2.22. The summed E-state index contributed by atoms with van der Waals surface area (Å²) in [4.78, 5) is 11.9. The second-order valence-electron chi connectivity index (χ2n) is 4.03. The van der Waals surface area contributed by atoms with Gasteiger partial charge < -0.3 is 10.1 Å². The Morgan fingerprint density at radius 3 is 3.11 bits per heavy atom. The van der Waals surface area contributed by atoms with Gasteiger partial charge in [-0.15, -0.1) is 11.8 Å². The van der Waals surface area contributed by atoms with Crippen LogP contribution in [0.5, 0.6) is 5.75 Å². The summed E-state index contributed by atoms with van der Waals surface area (Å²) in [5.41, 5.74) is 1.01. The first-order valence-electron chi connectivity index (χ1n) is 6.10. The molecule has 1 fully saturated rings. The monoisotopic (exact) mass is 266 g/mol. The standard InChI is InChI=1S/C13H18N2O2S/c1-2-17-12-6-4-3-5-10(12)7-14-13(16)11-8-18-9-15-11/h3-6,11,15H,2,7-9H2,1H3,(H,14,16)/t11-/m0/s1. The Balaban J connectivity index is 1.90. The molecule has 98 valence electrons. The molecule has 2 N–H and O–H groups in total. The van der Waals surface area contributed by atoms with Crippen molar-refractivity contribution in [2.24, 2.45) is 0 Å². The van der Waals surface area contributed by atoms with E-state index in [4.69, 9.17) is 4.74 Å². The summed E-state index contributed by atoms with van der Waals surface area (Å²) in [5.74, 6) is 2.60. The maximum atomic E-state index is 11.9. The van der Waals surface area contributed by atoms with Gasteiger partial charge in [0.15, 0.2) is 0 Å².